The molecule has 1 heteroatoms. The van der Waals surface area contributed by atoms with Crippen molar-refractivity contribution in [3.63, 3.8) is 0 Å². The summed E-state index contributed by atoms with van der Waals surface area (Å²) in [6, 6.07) is 56.5. The van der Waals surface area contributed by atoms with Crippen molar-refractivity contribution in [1.82, 2.24) is 0 Å². The van der Waals surface area contributed by atoms with Crippen molar-refractivity contribution >= 4 is 27.8 Å². The van der Waals surface area contributed by atoms with Gasteiger partial charge in [-0.2, -0.15) is 0 Å². The quantitative estimate of drug-likeness (QED) is 0.186. The number of nitrogens with zero attached hydrogens (tertiary/aromatic N) is 1. The molecule has 0 saturated heterocycles. The van der Waals surface area contributed by atoms with E-state index < -0.39 is 0 Å². The van der Waals surface area contributed by atoms with E-state index in [2.05, 4.69) is 170 Å². The molecule has 0 aliphatic heterocycles. The first-order valence-electron chi connectivity index (χ1n) is 17.4. The number of benzene rings is 7. The van der Waals surface area contributed by atoms with E-state index >= 15 is 0 Å². The molecule has 2 aliphatic rings. The summed E-state index contributed by atoms with van der Waals surface area (Å²) in [5, 5.41) is 2.50. The van der Waals surface area contributed by atoms with Crippen LogP contribution in [0.1, 0.15) is 48.9 Å². The number of anilines is 3. The molecule has 0 spiro atoms. The molecule has 0 amide bonds. The maximum atomic E-state index is 2.48. The SMILES string of the molecule is CC1(C)c2ccccc2-c2ccc(N(c3ccc(-c4cccc5c4CCCC5)cc3)c3ccc4ccccc4c3-c3ccccc3)cc21. The van der Waals surface area contributed by atoms with Crippen LogP contribution in [0.15, 0.2) is 152 Å². The predicted octanol–water partition coefficient (Wildman–Crippen LogP) is 12.8. The molecule has 0 aromatic heterocycles. The fourth-order valence-electron chi connectivity index (χ4n) is 8.46. The molecule has 0 bridgehead atoms. The van der Waals surface area contributed by atoms with Crippen LogP contribution in [0.5, 0.6) is 0 Å². The van der Waals surface area contributed by atoms with E-state index in [9.17, 15) is 0 Å². The summed E-state index contributed by atoms with van der Waals surface area (Å²) in [5.74, 6) is 0. The zero-order chi connectivity index (χ0) is 32.2. The molecule has 0 N–H and O–H groups in total. The lowest BCUT2D eigenvalue weighted by atomic mass is 9.82. The fourth-order valence-corrected chi connectivity index (χ4v) is 8.46. The second-order valence-electron chi connectivity index (χ2n) is 14.0. The molecular weight excluding hydrogens is 579 g/mol. The van der Waals surface area contributed by atoms with Crippen molar-refractivity contribution < 1.29 is 0 Å². The van der Waals surface area contributed by atoms with Crippen molar-refractivity contribution in [2.24, 2.45) is 0 Å². The Balaban J connectivity index is 1.26. The minimum Gasteiger partial charge on any atom is -0.310 e. The Hall–Kier alpha value is -5.40. The van der Waals surface area contributed by atoms with Crippen molar-refractivity contribution in [3.05, 3.63) is 174 Å². The highest BCUT2D eigenvalue weighted by Gasteiger charge is 2.36. The summed E-state index contributed by atoms with van der Waals surface area (Å²) in [5.41, 5.74) is 17.1. The molecule has 48 heavy (non-hydrogen) atoms. The van der Waals surface area contributed by atoms with Gasteiger partial charge in [-0.3, -0.25) is 0 Å². The molecular formula is C47H39N. The molecule has 1 nitrogen and oxygen atoms in total. The molecule has 0 radical (unpaired) electrons. The number of fused-ring (bicyclic) bond motifs is 5. The largest absolute Gasteiger partial charge is 0.310 e. The third-order valence-corrected chi connectivity index (χ3v) is 10.9. The lowest BCUT2D eigenvalue weighted by Crippen LogP contribution is -2.17. The summed E-state index contributed by atoms with van der Waals surface area (Å²) in [7, 11) is 0. The third kappa shape index (κ3) is 4.60. The maximum absolute atomic E-state index is 2.48. The summed E-state index contributed by atoms with van der Waals surface area (Å²) in [4.78, 5) is 2.48. The van der Waals surface area contributed by atoms with E-state index in [4.69, 9.17) is 0 Å². The zero-order valence-corrected chi connectivity index (χ0v) is 27.7. The molecule has 0 atom stereocenters. The summed E-state index contributed by atoms with van der Waals surface area (Å²) < 4.78 is 0. The Morgan fingerprint density at radius 3 is 2.08 bits per heavy atom. The minimum absolute atomic E-state index is 0.0878. The van der Waals surface area contributed by atoms with Crippen LogP contribution in [0.3, 0.4) is 0 Å². The fraction of sp³-hybridized carbons (Fsp3) is 0.149. The Labute approximate surface area is 284 Å². The smallest absolute Gasteiger partial charge is 0.0546 e. The average Bonchev–Trinajstić information content (AvgIpc) is 3.37. The van der Waals surface area contributed by atoms with Crippen molar-refractivity contribution in [2.45, 2.75) is 44.9 Å². The van der Waals surface area contributed by atoms with Crippen LogP contribution in [-0.4, -0.2) is 0 Å². The van der Waals surface area contributed by atoms with Gasteiger partial charge in [0.1, 0.15) is 0 Å². The highest BCUT2D eigenvalue weighted by atomic mass is 15.1. The van der Waals surface area contributed by atoms with Gasteiger partial charge in [0.05, 0.1) is 5.69 Å². The van der Waals surface area contributed by atoms with Gasteiger partial charge >= 0.3 is 0 Å². The van der Waals surface area contributed by atoms with E-state index in [-0.39, 0.29) is 5.41 Å². The van der Waals surface area contributed by atoms with Gasteiger partial charge in [0.25, 0.3) is 0 Å². The maximum Gasteiger partial charge on any atom is 0.0546 e. The Morgan fingerprint density at radius 1 is 0.500 bits per heavy atom. The predicted molar refractivity (Wildman–Crippen MR) is 204 cm³/mol. The number of hydrogen-bond donors (Lipinski definition) is 0. The molecule has 9 rings (SSSR count). The topological polar surface area (TPSA) is 3.24 Å². The summed E-state index contributed by atoms with van der Waals surface area (Å²) >= 11 is 0. The number of rotatable bonds is 5. The molecule has 232 valence electrons. The zero-order valence-electron chi connectivity index (χ0n) is 27.7. The van der Waals surface area contributed by atoms with Gasteiger partial charge < -0.3 is 4.90 Å². The van der Waals surface area contributed by atoms with Gasteiger partial charge in [-0.05, 0) is 117 Å². The van der Waals surface area contributed by atoms with Gasteiger partial charge in [-0.15, -0.1) is 0 Å². The highest BCUT2D eigenvalue weighted by molar-refractivity contribution is 6.05. The van der Waals surface area contributed by atoms with Crippen LogP contribution in [0.4, 0.5) is 17.1 Å². The standard InChI is InChI=1S/C47H39N/c1-47(2)43-22-11-10-20-41(43)42-29-28-37(31-44(42)47)48(36-26-23-34(24-27-36)39-21-12-17-32-13-6-8-18-38(32)39)45-30-25-33-14-7-9-19-40(33)46(45)35-15-4-3-5-16-35/h3-5,7,9-12,14-17,19-31H,6,8,13,18H2,1-2H3. The molecule has 7 aromatic carbocycles. The molecule has 0 unspecified atom stereocenters. The number of aryl methyl sites for hydroxylation is 1. The van der Waals surface area contributed by atoms with E-state index in [0.717, 1.165) is 5.69 Å². The van der Waals surface area contributed by atoms with E-state index in [1.54, 1.807) is 0 Å². The van der Waals surface area contributed by atoms with Crippen LogP contribution >= 0.6 is 0 Å². The average molecular weight is 618 g/mol. The summed E-state index contributed by atoms with van der Waals surface area (Å²) in [6.45, 7) is 4.74. The third-order valence-electron chi connectivity index (χ3n) is 10.9. The van der Waals surface area contributed by atoms with E-state index in [1.807, 2.05) is 0 Å². The van der Waals surface area contributed by atoms with Gasteiger partial charge in [0.2, 0.25) is 0 Å². The lowest BCUT2D eigenvalue weighted by Gasteiger charge is -2.30. The first kappa shape index (κ1) is 28.8. The van der Waals surface area contributed by atoms with Crippen molar-refractivity contribution in [3.8, 4) is 33.4 Å². The second-order valence-corrected chi connectivity index (χ2v) is 14.0. The number of hydrogen-bond acceptors (Lipinski definition) is 1. The summed E-state index contributed by atoms with van der Waals surface area (Å²) in [6.07, 6.45) is 4.93. The van der Waals surface area contributed by atoms with Crippen LogP contribution < -0.4 is 4.90 Å². The van der Waals surface area contributed by atoms with E-state index in [1.165, 1.54) is 103 Å². The minimum atomic E-state index is -0.0878. The van der Waals surface area contributed by atoms with Gasteiger partial charge in [-0.25, -0.2) is 0 Å². The lowest BCUT2D eigenvalue weighted by molar-refractivity contribution is 0.660. The van der Waals surface area contributed by atoms with Gasteiger partial charge in [0.15, 0.2) is 0 Å². The molecule has 0 heterocycles. The highest BCUT2D eigenvalue weighted by Crippen LogP contribution is 2.52. The second kappa shape index (κ2) is 11.4. The van der Waals surface area contributed by atoms with E-state index in [0.29, 0.717) is 0 Å². The molecule has 0 saturated carbocycles. The Kier molecular flexibility index (Phi) is 6.83. The van der Waals surface area contributed by atoms with Crippen LogP contribution in [0, 0.1) is 0 Å². The first-order valence-corrected chi connectivity index (χ1v) is 17.4. The Bertz CT molecular complexity index is 2310. The van der Waals surface area contributed by atoms with Gasteiger partial charge in [0, 0.05) is 22.4 Å². The molecule has 7 aromatic rings. The van der Waals surface area contributed by atoms with Gasteiger partial charge in [-0.1, -0.05) is 135 Å². The van der Waals surface area contributed by atoms with Crippen molar-refractivity contribution in [2.75, 3.05) is 4.90 Å². The first-order chi connectivity index (χ1) is 23.6. The molecule has 2 aliphatic carbocycles. The Morgan fingerprint density at radius 2 is 1.21 bits per heavy atom. The monoisotopic (exact) mass is 617 g/mol. The van der Waals surface area contributed by atoms with Crippen molar-refractivity contribution in [1.29, 1.82) is 0 Å². The van der Waals surface area contributed by atoms with Crippen LogP contribution in [-0.2, 0) is 18.3 Å². The molecule has 0 fully saturated rings. The van der Waals surface area contributed by atoms with Crippen LogP contribution in [0.25, 0.3) is 44.2 Å². The normalized spacial score (nSPS) is 14.3. The van der Waals surface area contributed by atoms with Crippen LogP contribution in [0.2, 0.25) is 0 Å².